The second-order valence-electron chi connectivity index (χ2n) is 3.28. The van der Waals surface area contributed by atoms with Gasteiger partial charge in [-0.05, 0) is 38.0 Å². The van der Waals surface area contributed by atoms with Crippen LogP contribution in [0.4, 0.5) is 0 Å². The molecule has 0 fully saturated rings. The van der Waals surface area contributed by atoms with Crippen LogP contribution in [-0.4, -0.2) is 35.3 Å². The smallest absolute Gasteiger partial charge is 0.320 e. The molecule has 1 atom stereocenters. The SMILES string of the molecule is CCCN[C@@H](CCCNC(N)=S)C(=O)O. The molecule has 0 heterocycles. The van der Waals surface area contributed by atoms with Gasteiger partial charge in [0, 0.05) is 6.54 Å². The lowest BCUT2D eigenvalue weighted by atomic mass is 10.1. The number of nitrogens with one attached hydrogen (secondary N) is 2. The highest BCUT2D eigenvalue weighted by atomic mass is 32.1. The molecule has 15 heavy (non-hydrogen) atoms. The Morgan fingerprint density at radius 2 is 2.20 bits per heavy atom. The van der Waals surface area contributed by atoms with Crippen molar-refractivity contribution in [2.45, 2.75) is 32.2 Å². The van der Waals surface area contributed by atoms with Crippen molar-refractivity contribution in [1.29, 1.82) is 0 Å². The number of hydrogen-bond donors (Lipinski definition) is 4. The highest BCUT2D eigenvalue weighted by molar-refractivity contribution is 7.80. The Bertz CT molecular complexity index is 212. The lowest BCUT2D eigenvalue weighted by molar-refractivity contribution is -0.139. The van der Waals surface area contributed by atoms with E-state index in [1.54, 1.807) is 0 Å². The molecule has 0 spiro atoms. The van der Waals surface area contributed by atoms with Crippen molar-refractivity contribution in [3.63, 3.8) is 0 Å². The normalized spacial score (nSPS) is 12.1. The third-order valence-electron chi connectivity index (χ3n) is 1.91. The lowest BCUT2D eigenvalue weighted by Crippen LogP contribution is -2.38. The van der Waals surface area contributed by atoms with Crippen LogP contribution in [0, 0.1) is 0 Å². The van der Waals surface area contributed by atoms with Crippen LogP contribution in [0.2, 0.25) is 0 Å². The first kappa shape index (κ1) is 14.1. The Kier molecular flexibility index (Phi) is 7.94. The molecule has 88 valence electrons. The quantitative estimate of drug-likeness (QED) is 0.350. The van der Waals surface area contributed by atoms with E-state index in [2.05, 4.69) is 22.9 Å². The van der Waals surface area contributed by atoms with Crippen LogP contribution < -0.4 is 16.4 Å². The first-order chi connectivity index (χ1) is 7.07. The summed E-state index contributed by atoms with van der Waals surface area (Å²) in [5.74, 6) is -0.807. The maximum atomic E-state index is 10.8. The number of rotatable bonds is 8. The molecule has 5 nitrogen and oxygen atoms in total. The van der Waals surface area contributed by atoms with Gasteiger partial charge in [0.15, 0.2) is 5.11 Å². The zero-order valence-electron chi connectivity index (χ0n) is 8.95. The van der Waals surface area contributed by atoms with E-state index in [0.717, 1.165) is 19.4 Å². The van der Waals surface area contributed by atoms with Crippen LogP contribution in [0.1, 0.15) is 26.2 Å². The average Bonchev–Trinajstić information content (AvgIpc) is 2.15. The standard InChI is InChI=1S/C9H19N3O2S/c1-2-5-11-7(8(13)14)4-3-6-12-9(10)15/h7,11H,2-6H2,1H3,(H,13,14)(H3,10,12,15)/t7-/m0/s1. The number of carbonyl (C=O) groups is 1. The fourth-order valence-electron chi connectivity index (χ4n) is 1.15. The van der Waals surface area contributed by atoms with Crippen LogP contribution in [0.5, 0.6) is 0 Å². The van der Waals surface area contributed by atoms with Gasteiger partial charge in [0.1, 0.15) is 6.04 Å². The van der Waals surface area contributed by atoms with Gasteiger partial charge in [-0.25, -0.2) is 0 Å². The molecule has 5 N–H and O–H groups in total. The van der Waals surface area contributed by atoms with Crippen LogP contribution in [-0.2, 0) is 4.79 Å². The van der Waals surface area contributed by atoms with Crippen molar-refractivity contribution in [1.82, 2.24) is 10.6 Å². The number of nitrogens with two attached hydrogens (primary N) is 1. The lowest BCUT2D eigenvalue weighted by Gasteiger charge is -2.13. The molecule has 0 saturated carbocycles. The van der Waals surface area contributed by atoms with Crippen LogP contribution in [0.15, 0.2) is 0 Å². The summed E-state index contributed by atoms with van der Waals surface area (Å²) in [6.07, 6.45) is 2.23. The predicted octanol–water partition coefficient (Wildman–Crippen LogP) is 0.0526. The van der Waals surface area contributed by atoms with Crippen molar-refractivity contribution in [3.8, 4) is 0 Å². The van der Waals surface area contributed by atoms with E-state index in [4.69, 9.17) is 10.8 Å². The van der Waals surface area contributed by atoms with Crippen LogP contribution >= 0.6 is 12.2 Å². The van der Waals surface area contributed by atoms with Crippen molar-refractivity contribution >= 4 is 23.3 Å². The summed E-state index contributed by atoms with van der Waals surface area (Å²) in [4.78, 5) is 10.8. The Morgan fingerprint density at radius 3 is 2.67 bits per heavy atom. The summed E-state index contributed by atoms with van der Waals surface area (Å²) < 4.78 is 0. The minimum Gasteiger partial charge on any atom is -0.480 e. The highest BCUT2D eigenvalue weighted by Crippen LogP contribution is 1.97. The molecule has 0 aromatic heterocycles. The summed E-state index contributed by atoms with van der Waals surface area (Å²) in [7, 11) is 0. The Hall–Kier alpha value is -0.880. The van der Waals surface area contributed by atoms with Crippen molar-refractivity contribution in [2.24, 2.45) is 5.73 Å². The second-order valence-corrected chi connectivity index (χ2v) is 3.72. The minimum atomic E-state index is -0.807. The predicted molar refractivity (Wildman–Crippen MR) is 63.7 cm³/mol. The summed E-state index contributed by atoms with van der Waals surface area (Å²) in [5, 5.41) is 14.9. The number of carboxylic acids is 1. The fraction of sp³-hybridized carbons (Fsp3) is 0.778. The third kappa shape index (κ3) is 8.14. The number of thiocarbonyl (C=S) groups is 1. The molecule has 0 aliphatic rings. The van der Waals surface area contributed by atoms with E-state index in [1.807, 2.05) is 6.92 Å². The van der Waals surface area contributed by atoms with Crippen LogP contribution in [0.3, 0.4) is 0 Å². The molecule has 0 aliphatic carbocycles. The molecule has 6 heteroatoms. The van der Waals surface area contributed by atoms with Gasteiger partial charge in [-0.3, -0.25) is 4.79 Å². The van der Waals surface area contributed by atoms with Gasteiger partial charge in [-0.15, -0.1) is 0 Å². The number of hydrogen-bond acceptors (Lipinski definition) is 3. The van der Waals surface area contributed by atoms with Crippen molar-refractivity contribution in [2.75, 3.05) is 13.1 Å². The van der Waals surface area contributed by atoms with Crippen molar-refractivity contribution < 1.29 is 9.90 Å². The molecule has 0 aromatic carbocycles. The second kappa shape index (κ2) is 8.43. The van der Waals surface area contributed by atoms with Gasteiger partial charge in [0.25, 0.3) is 0 Å². The summed E-state index contributed by atoms with van der Waals surface area (Å²) in [5.41, 5.74) is 5.24. The number of aliphatic carboxylic acids is 1. The van der Waals surface area contributed by atoms with E-state index in [9.17, 15) is 4.79 Å². The Morgan fingerprint density at radius 1 is 1.53 bits per heavy atom. The maximum absolute atomic E-state index is 10.8. The Balaban J connectivity index is 3.66. The minimum absolute atomic E-state index is 0.253. The van der Waals surface area contributed by atoms with E-state index >= 15 is 0 Å². The summed E-state index contributed by atoms with van der Waals surface area (Å²) >= 11 is 4.63. The zero-order valence-corrected chi connectivity index (χ0v) is 9.77. The molecule has 0 rings (SSSR count). The van der Waals surface area contributed by atoms with Gasteiger partial charge in [-0.1, -0.05) is 6.92 Å². The molecule has 0 amide bonds. The summed E-state index contributed by atoms with van der Waals surface area (Å²) in [6.45, 7) is 3.34. The number of carboxylic acid groups (broad SMARTS) is 1. The first-order valence-electron chi connectivity index (χ1n) is 5.07. The fourth-order valence-corrected chi connectivity index (χ4v) is 1.25. The van der Waals surface area contributed by atoms with E-state index in [1.165, 1.54) is 0 Å². The van der Waals surface area contributed by atoms with Gasteiger partial charge >= 0.3 is 5.97 Å². The molecule has 0 radical (unpaired) electrons. The van der Waals surface area contributed by atoms with Gasteiger partial charge in [0.05, 0.1) is 0 Å². The van der Waals surface area contributed by atoms with Crippen LogP contribution in [0.25, 0.3) is 0 Å². The zero-order chi connectivity index (χ0) is 11.7. The van der Waals surface area contributed by atoms with E-state index in [0.29, 0.717) is 13.0 Å². The monoisotopic (exact) mass is 233 g/mol. The van der Waals surface area contributed by atoms with Gasteiger partial charge in [0.2, 0.25) is 0 Å². The van der Waals surface area contributed by atoms with Gasteiger partial charge in [-0.2, -0.15) is 0 Å². The maximum Gasteiger partial charge on any atom is 0.320 e. The Labute approximate surface area is 95.4 Å². The highest BCUT2D eigenvalue weighted by Gasteiger charge is 2.14. The molecule has 0 unspecified atom stereocenters. The first-order valence-corrected chi connectivity index (χ1v) is 5.48. The van der Waals surface area contributed by atoms with Crippen molar-refractivity contribution in [3.05, 3.63) is 0 Å². The molecule has 0 aliphatic heterocycles. The summed E-state index contributed by atoms with van der Waals surface area (Å²) in [6, 6.07) is -0.474. The molecule has 0 aromatic rings. The average molecular weight is 233 g/mol. The topological polar surface area (TPSA) is 87.4 Å². The molecule has 0 saturated heterocycles. The van der Waals surface area contributed by atoms with E-state index in [-0.39, 0.29) is 5.11 Å². The largest absolute Gasteiger partial charge is 0.480 e. The molecule has 0 bridgehead atoms. The third-order valence-corrected chi connectivity index (χ3v) is 2.05. The molecular weight excluding hydrogens is 214 g/mol. The molecular formula is C9H19N3O2S. The van der Waals surface area contributed by atoms with Gasteiger partial charge < -0.3 is 21.5 Å². The van der Waals surface area contributed by atoms with E-state index < -0.39 is 12.0 Å².